The van der Waals surface area contributed by atoms with Crippen molar-refractivity contribution in [2.24, 2.45) is 0 Å². The Bertz CT molecular complexity index is 263. The lowest BCUT2D eigenvalue weighted by molar-refractivity contribution is 0.194. The quantitative estimate of drug-likeness (QED) is 0.741. The highest BCUT2D eigenvalue weighted by Crippen LogP contribution is 2.22. The molecule has 0 unspecified atom stereocenters. The van der Waals surface area contributed by atoms with Crippen LogP contribution in [-0.4, -0.2) is 10.1 Å². The first-order valence-electron chi connectivity index (χ1n) is 3.10. The normalized spacial score (nSPS) is 13.1. The predicted molar refractivity (Wildman–Crippen MR) is 44.9 cm³/mol. The molecule has 1 aromatic heterocycles. The van der Waals surface area contributed by atoms with Gasteiger partial charge in [0.05, 0.1) is 21.8 Å². The fourth-order valence-corrected chi connectivity index (χ4v) is 1.27. The van der Waals surface area contributed by atoms with E-state index < -0.39 is 6.10 Å². The molecule has 1 heterocycles. The van der Waals surface area contributed by atoms with E-state index in [-0.39, 0.29) is 0 Å². The van der Waals surface area contributed by atoms with Gasteiger partial charge in [0, 0.05) is 6.20 Å². The summed E-state index contributed by atoms with van der Waals surface area (Å²) < 4.78 is 0. The van der Waals surface area contributed by atoms with E-state index >= 15 is 0 Å². The van der Waals surface area contributed by atoms with Crippen LogP contribution in [0.4, 0.5) is 0 Å². The van der Waals surface area contributed by atoms with Gasteiger partial charge < -0.3 is 5.11 Å². The highest BCUT2D eigenvalue weighted by Gasteiger charge is 2.07. The molecule has 1 rings (SSSR count). The van der Waals surface area contributed by atoms with Crippen LogP contribution in [0.3, 0.4) is 0 Å². The number of hydrogen-bond donors (Lipinski definition) is 1. The Balaban J connectivity index is 3.09. The summed E-state index contributed by atoms with van der Waals surface area (Å²) in [5, 5.41) is 9.97. The van der Waals surface area contributed by atoms with Gasteiger partial charge in [-0.3, -0.25) is 4.98 Å². The summed E-state index contributed by atoms with van der Waals surface area (Å²) in [6.45, 7) is 1.60. The molecule has 0 fully saturated rings. The molecule has 0 aromatic carbocycles. The SMILES string of the molecule is C[C@H](O)c1ncc(Cl)cc1Cl. The molecule has 0 saturated carbocycles. The molecule has 0 aliphatic rings. The molecule has 0 aliphatic heterocycles. The lowest BCUT2D eigenvalue weighted by Crippen LogP contribution is -1.95. The van der Waals surface area contributed by atoms with Crippen LogP contribution in [0, 0.1) is 0 Å². The maximum Gasteiger partial charge on any atom is 0.0946 e. The molecule has 1 atom stereocenters. The monoisotopic (exact) mass is 191 g/mol. The number of aliphatic hydroxyl groups excluding tert-OH is 1. The van der Waals surface area contributed by atoms with E-state index in [1.54, 1.807) is 13.0 Å². The highest BCUT2D eigenvalue weighted by atomic mass is 35.5. The number of aromatic nitrogens is 1. The summed E-state index contributed by atoms with van der Waals surface area (Å²) >= 11 is 11.3. The number of rotatable bonds is 1. The van der Waals surface area contributed by atoms with Crippen molar-refractivity contribution in [1.29, 1.82) is 0 Å². The van der Waals surface area contributed by atoms with Gasteiger partial charge >= 0.3 is 0 Å². The minimum Gasteiger partial charge on any atom is -0.387 e. The molecule has 0 amide bonds. The third-order valence-electron chi connectivity index (χ3n) is 1.23. The Morgan fingerprint density at radius 3 is 2.64 bits per heavy atom. The molecule has 1 aromatic rings. The highest BCUT2D eigenvalue weighted by molar-refractivity contribution is 6.34. The van der Waals surface area contributed by atoms with Gasteiger partial charge in [-0.25, -0.2) is 0 Å². The number of aliphatic hydroxyl groups is 1. The van der Waals surface area contributed by atoms with Crippen LogP contribution < -0.4 is 0 Å². The molecule has 0 bridgehead atoms. The van der Waals surface area contributed by atoms with Gasteiger partial charge in [0.2, 0.25) is 0 Å². The number of nitrogens with zero attached hydrogens (tertiary/aromatic N) is 1. The Kier molecular flexibility index (Phi) is 2.71. The van der Waals surface area contributed by atoms with Crippen LogP contribution >= 0.6 is 23.2 Å². The standard InChI is InChI=1S/C7H7Cl2NO/c1-4(11)7-6(9)2-5(8)3-10-7/h2-4,11H,1H3/t4-/m0/s1. The molecule has 0 saturated heterocycles. The van der Waals surface area contributed by atoms with Gasteiger partial charge in [-0.05, 0) is 13.0 Å². The van der Waals surface area contributed by atoms with Crippen molar-refractivity contribution in [3.63, 3.8) is 0 Å². The molecule has 0 radical (unpaired) electrons. The predicted octanol–water partition coefficient (Wildman–Crippen LogP) is 2.44. The van der Waals surface area contributed by atoms with E-state index in [1.165, 1.54) is 6.20 Å². The van der Waals surface area contributed by atoms with E-state index in [9.17, 15) is 0 Å². The fraction of sp³-hybridized carbons (Fsp3) is 0.286. The largest absolute Gasteiger partial charge is 0.387 e. The third kappa shape index (κ3) is 2.06. The molecular weight excluding hydrogens is 185 g/mol. The number of hydrogen-bond acceptors (Lipinski definition) is 2. The Labute approximate surface area is 74.8 Å². The van der Waals surface area contributed by atoms with E-state index in [2.05, 4.69) is 4.98 Å². The Hall–Kier alpha value is -0.310. The van der Waals surface area contributed by atoms with Gasteiger partial charge in [-0.1, -0.05) is 23.2 Å². The van der Waals surface area contributed by atoms with E-state index in [4.69, 9.17) is 28.3 Å². The summed E-state index contributed by atoms with van der Waals surface area (Å²) in [5.41, 5.74) is 0.455. The summed E-state index contributed by atoms with van der Waals surface area (Å²) in [6.07, 6.45) is 0.801. The van der Waals surface area contributed by atoms with Crippen LogP contribution in [0.1, 0.15) is 18.7 Å². The van der Waals surface area contributed by atoms with Crippen molar-refractivity contribution in [2.45, 2.75) is 13.0 Å². The van der Waals surface area contributed by atoms with Crippen molar-refractivity contribution >= 4 is 23.2 Å². The molecular formula is C7H7Cl2NO. The van der Waals surface area contributed by atoms with E-state index in [0.29, 0.717) is 15.7 Å². The second-order valence-electron chi connectivity index (χ2n) is 2.20. The second-order valence-corrected chi connectivity index (χ2v) is 3.04. The zero-order valence-electron chi connectivity index (χ0n) is 5.88. The lowest BCUT2D eigenvalue weighted by atomic mass is 10.2. The summed E-state index contributed by atoms with van der Waals surface area (Å²) in [5.74, 6) is 0. The van der Waals surface area contributed by atoms with Crippen molar-refractivity contribution in [1.82, 2.24) is 4.98 Å². The lowest BCUT2D eigenvalue weighted by Gasteiger charge is -2.04. The van der Waals surface area contributed by atoms with Crippen LogP contribution in [0.15, 0.2) is 12.3 Å². The Morgan fingerprint density at radius 2 is 2.18 bits per heavy atom. The average Bonchev–Trinajstić information content (AvgIpc) is 1.85. The molecule has 0 spiro atoms. The van der Waals surface area contributed by atoms with Gasteiger partial charge in [0.15, 0.2) is 0 Å². The molecule has 2 nitrogen and oxygen atoms in total. The van der Waals surface area contributed by atoms with Crippen LogP contribution in [0.5, 0.6) is 0 Å². The van der Waals surface area contributed by atoms with E-state index in [0.717, 1.165) is 0 Å². The van der Waals surface area contributed by atoms with Gasteiger partial charge in [-0.2, -0.15) is 0 Å². The Morgan fingerprint density at radius 1 is 1.55 bits per heavy atom. The first-order valence-corrected chi connectivity index (χ1v) is 3.86. The maximum atomic E-state index is 9.11. The summed E-state index contributed by atoms with van der Waals surface area (Å²) in [6, 6.07) is 1.55. The number of pyridine rings is 1. The van der Waals surface area contributed by atoms with Crippen LogP contribution in [0.2, 0.25) is 10.0 Å². The minimum absolute atomic E-state index is 0.396. The van der Waals surface area contributed by atoms with Crippen LogP contribution in [0.25, 0.3) is 0 Å². The summed E-state index contributed by atoms with van der Waals surface area (Å²) in [7, 11) is 0. The van der Waals surface area contributed by atoms with E-state index in [1.807, 2.05) is 0 Å². The van der Waals surface area contributed by atoms with Gasteiger partial charge in [-0.15, -0.1) is 0 Å². The molecule has 60 valence electrons. The first-order chi connectivity index (χ1) is 5.11. The van der Waals surface area contributed by atoms with Crippen molar-refractivity contribution in [3.05, 3.63) is 28.0 Å². The van der Waals surface area contributed by atoms with Crippen molar-refractivity contribution in [3.8, 4) is 0 Å². The van der Waals surface area contributed by atoms with Gasteiger partial charge in [0.1, 0.15) is 0 Å². The zero-order chi connectivity index (χ0) is 8.43. The maximum absolute atomic E-state index is 9.11. The zero-order valence-corrected chi connectivity index (χ0v) is 7.39. The smallest absolute Gasteiger partial charge is 0.0946 e. The fourth-order valence-electron chi connectivity index (χ4n) is 0.733. The summed E-state index contributed by atoms with van der Waals surface area (Å²) in [4.78, 5) is 3.86. The van der Waals surface area contributed by atoms with Crippen molar-refractivity contribution in [2.75, 3.05) is 0 Å². The number of halogens is 2. The topological polar surface area (TPSA) is 33.1 Å². The average molecular weight is 192 g/mol. The molecule has 1 N–H and O–H groups in total. The first kappa shape index (κ1) is 8.78. The molecule has 11 heavy (non-hydrogen) atoms. The molecule has 4 heteroatoms. The molecule has 0 aliphatic carbocycles. The van der Waals surface area contributed by atoms with Gasteiger partial charge in [0.25, 0.3) is 0 Å². The van der Waals surface area contributed by atoms with Crippen LogP contribution in [-0.2, 0) is 0 Å². The van der Waals surface area contributed by atoms with Crippen molar-refractivity contribution < 1.29 is 5.11 Å². The second kappa shape index (κ2) is 3.39. The minimum atomic E-state index is -0.653. The third-order valence-corrected chi connectivity index (χ3v) is 1.74.